The van der Waals surface area contributed by atoms with Gasteiger partial charge in [-0.15, -0.1) is 0 Å². The van der Waals surface area contributed by atoms with Crippen molar-refractivity contribution in [3.8, 4) is 0 Å². The summed E-state index contributed by atoms with van der Waals surface area (Å²) >= 11 is 0. The Balaban J connectivity index is 4.15. The first kappa shape index (κ1) is 77.1. The number of rotatable bonds is 65. The zero-order valence-corrected chi connectivity index (χ0v) is 53.6. The molecular formula is C74H134O6. The van der Waals surface area contributed by atoms with Crippen LogP contribution in [-0.2, 0) is 28.6 Å². The van der Waals surface area contributed by atoms with Gasteiger partial charge in [-0.1, -0.05) is 345 Å². The maximum absolute atomic E-state index is 12.9. The normalized spacial score (nSPS) is 12.4. The number of carbonyl (C=O) groups excluding carboxylic acids is 3. The Morgan fingerprint density at radius 1 is 0.263 bits per heavy atom. The third-order valence-corrected chi connectivity index (χ3v) is 15.8. The van der Waals surface area contributed by atoms with Crippen LogP contribution in [0, 0.1) is 0 Å². The van der Waals surface area contributed by atoms with Gasteiger partial charge in [-0.3, -0.25) is 14.4 Å². The van der Waals surface area contributed by atoms with E-state index in [1.54, 1.807) is 0 Å². The van der Waals surface area contributed by atoms with Gasteiger partial charge >= 0.3 is 17.9 Å². The van der Waals surface area contributed by atoms with E-state index in [0.29, 0.717) is 19.3 Å². The van der Waals surface area contributed by atoms with E-state index in [2.05, 4.69) is 75.5 Å². The first-order chi connectivity index (χ1) is 39.5. The first-order valence-electron chi connectivity index (χ1n) is 35.3. The highest BCUT2D eigenvalue weighted by molar-refractivity contribution is 5.71. The maximum atomic E-state index is 12.9. The third-order valence-electron chi connectivity index (χ3n) is 15.8. The summed E-state index contributed by atoms with van der Waals surface area (Å²) in [7, 11) is 0. The average Bonchev–Trinajstić information content (AvgIpc) is 3.46. The number of esters is 3. The fourth-order valence-corrected chi connectivity index (χ4v) is 10.5. The first-order valence-corrected chi connectivity index (χ1v) is 35.3. The highest BCUT2D eigenvalue weighted by atomic mass is 16.6. The van der Waals surface area contributed by atoms with Crippen LogP contribution in [0.3, 0.4) is 0 Å². The highest BCUT2D eigenvalue weighted by Crippen LogP contribution is 2.18. The quantitative estimate of drug-likeness (QED) is 0.0261. The van der Waals surface area contributed by atoms with E-state index in [9.17, 15) is 14.4 Å². The Morgan fingerprint density at radius 2 is 0.512 bits per heavy atom. The predicted octanol–water partition coefficient (Wildman–Crippen LogP) is 24.3. The van der Waals surface area contributed by atoms with Crippen LogP contribution >= 0.6 is 0 Å². The van der Waals surface area contributed by atoms with E-state index in [-0.39, 0.29) is 37.5 Å². The Kier molecular flexibility index (Phi) is 66.1. The van der Waals surface area contributed by atoms with Crippen molar-refractivity contribution < 1.29 is 28.6 Å². The minimum absolute atomic E-state index is 0.0947. The smallest absolute Gasteiger partial charge is 0.306 e. The summed E-state index contributed by atoms with van der Waals surface area (Å²) in [6, 6.07) is 0. The Morgan fingerprint density at radius 3 is 0.838 bits per heavy atom. The van der Waals surface area contributed by atoms with E-state index >= 15 is 0 Å². The second-order valence-corrected chi connectivity index (χ2v) is 23.8. The highest BCUT2D eigenvalue weighted by Gasteiger charge is 2.19. The van der Waals surface area contributed by atoms with Crippen molar-refractivity contribution in [2.24, 2.45) is 0 Å². The molecule has 1 unspecified atom stereocenters. The molecule has 0 aromatic heterocycles. The molecular weight excluding hydrogens is 985 g/mol. The molecule has 0 aromatic carbocycles. The lowest BCUT2D eigenvalue weighted by molar-refractivity contribution is -0.166. The molecule has 0 saturated heterocycles. The molecule has 0 spiro atoms. The summed E-state index contributed by atoms with van der Waals surface area (Å²) in [6.07, 6.45) is 88.6. The topological polar surface area (TPSA) is 78.9 Å². The summed E-state index contributed by atoms with van der Waals surface area (Å²) in [5, 5.41) is 0. The zero-order chi connectivity index (χ0) is 57.8. The molecule has 0 N–H and O–H groups in total. The molecule has 0 aromatic rings. The summed E-state index contributed by atoms with van der Waals surface area (Å²) in [5.74, 6) is -0.965. The minimum Gasteiger partial charge on any atom is -0.462 e. The van der Waals surface area contributed by atoms with E-state index in [0.717, 1.165) is 64.2 Å². The second-order valence-electron chi connectivity index (χ2n) is 23.8. The number of hydrogen-bond donors (Lipinski definition) is 0. The fraction of sp³-hybridized carbons (Fsp3) is 0.824. The number of hydrogen-bond acceptors (Lipinski definition) is 6. The van der Waals surface area contributed by atoms with Crippen LogP contribution in [0.2, 0.25) is 0 Å². The molecule has 0 saturated carbocycles. The van der Waals surface area contributed by atoms with Gasteiger partial charge in [0.2, 0.25) is 0 Å². The molecule has 0 bridgehead atoms. The molecule has 6 heteroatoms. The largest absolute Gasteiger partial charge is 0.462 e. The summed E-state index contributed by atoms with van der Waals surface area (Å²) in [4.78, 5) is 38.3. The minimum atomic E-state index is -0.805. The van der Waals surface area contributed by atoms with Crippen LogP contribution < -0.4 is 0 Å². The van der Waals surface area contributed by atoms with Gasteiger partial charge in [-0.25, -0.2) is 0 Å². The molecule has 80 heavy (non-hydrogen) atoms. The molecule has 0 aliphatic carbocycles. The van der Waals surface area contributed by atoms with Gasteiger partial charge in [0.25, 0.3) is 0 Å². The van der Waals surface area contributed by atoms with Gasteiger partial charge in [0, 0.05) is 19.3 Å². The van der Waals surface area contributed by atoms with Crippen LogP contribution in [0.5, 0.6) is 0 Å². The molecule has 6 nitrogen and oxygen atoms in total. The monoisotopic (exact) mass is 1120 g/mol. The number of carbonyl (C=O) groups is 3. The second kappa shape index (κ2) is 68.6. The van der Waals surface area contributed by atoms with Crippen molar-refractivity contribution in [2.75, 3.05) is 13.2 Å². The molecule has 0 aliphatic rings. The van der Waals surface area contributed by atoms with E-state index in [1.807, 2.05) is 6.08 Å². The van der Waals surface area contributed by atoms with E-state index < -0.39 is 6.10 Å². The lowest BCUT2D eigenvalue weighted by atomic mass is 10.0. The SMILES string of the molecule is CC/C=C\C/C=C\C/C=C\C/C=C\CCC(=O)OCC(COC(=O)CCCCCCCCCCCCCCCCCCCCCCCCCCCCCCCCCC)OC(=O)CCCCCCCCC/C=C\CCCCCCCC. The van der Waals surface area contributed by atoms with Gasteiger partial charge in [-0.2, -0.15) is 0 Å². The van der Waals surface area contributed by atoms with E-state index in [4.69, 9.17) is 14.2 Å². The van der Waals surface area contributed by atoms with Crippen LogP contribution in [0.1, 0.15) is 374 Å². The molecule has 0 rings (SSSR count). The van der Waals surface area contributed by atoms with Crippen molar-refractivity contribution in [1.29, 1.82) is 0 Å². The lowest BCUT2D eigenvalue weighted by Gasteiger charge is -2.18. The molecule has 0 aliphatic heterocycles. The molecule has 466 valence electrons. The maximum Gasteiger partial charge on any atom is 0.306 e. The number of allylic oxidation sites excluding steroid dienone is 10. The summed E-state index contributed by atoms with van der Waals surface area (Å²) < 4.78 is 16.9. The van der Waals surface area contributed by atoms with Gasteiger partial charge in [-0.05, 0) is 70.6 Å². The van der Waals surface area contributed by atoms with Crippen molar-refractivity contribution in [1.82, 2.24) is 0 Å². The molecule has 1 atom stereocenters. The third kappa shape index (κ3) is 65.9. The average molecular weight is 1120 g/mol. The Bertz CT molecular complexity index is 1430. The summed E-state index contributed by atoms with van der Waals surface area (Å²) in [6.45, 7) is 6.51. The molecule has 0 fully saturated rings. The molecule has 0 radical (unpaired) electrons. The van der Waals surface area contributed by atoms with Crippen LogP contribution in [-0.4, -0.2) is 37.2 Å². The van der Waals surface area contributed by atoms with Crippen LogP contribution in [0.4, 0.5) is 0 Å². The van der Waals surface area contributed by atoms with Gasteiger partial charge in [0.05, 0.1) is 0 Å². The van der Waals surface area contributed by atoms with E-state index in [1.165, 1.54) is 263 Å². The van der Waals surface area contributed by atoms with Crippen LogP contribution in [0.15, 0.2) is 60.8 Å². The van der Waals surface area contributed by atoms with Crippen molar-refractivity contribution in [3.63, 3.8) is 0 Å². The Hall–Kier alpha value is -2.89. The van der Waals surface area contributed by atoms with Gasteiger partial charge < -0.3 is 14.2 Å². The fourth-order valence-electron chi connectivity index (χ4n) is 10.5. The van der Waals surface area contributed by atoms with Crippen molar-refractivity contribution in [2.45, 2.75) is 380 Å². The van der Waals surface area contributed by atoms with Crippen molar-refractivity contribution in [3.05, 3.63) is 60.8 Å². The number of ether oxygens (including phenoxy) is 3. The predicted molar refractivity (Wildman–Crippen MR) is 348 cm³/mol. The van der Waals surface area contributed by atoms with Gasteiger partial charge in [0.15, 0.2) is 6.10 Å². The van der Waals surface area contributed by atoms with Crippen molar-refractivity contribution >= 4 is 17.9 Å². The number of unbranched alkanes of at least 4 members (excludes halogenated alkanes) is 44. The Labute approximate surface area is 498 Å². The lowest BCUT2D eigenvalue weighted by Crippen LogP contribution is -2.30. The van der Waals surface area contributed by atoms with Crippen LogP contribution in [0.25, 0.3) is 0 Å². The molecule has 0 amide bonds. The standard InChI is InChI=1S/C74H134O6/c1-4-7-10-13-16-19-22-25-27-29-30-31-32-33-34-35-36-37-38-39-40-41-42-43-45-46-49-52-55-58-61-64-67-73(76)79-70-71(69-78-72(75)66-63-60-57-54-51-48-24-21-18-15-12-9-6-3)80-74(77)68-65-62-59-56-53-50-47-44-28-26-23-20-17-14-11-8-5-2/h9,12,18,21,26,28,48,51,57,60,71H,4-8,10-11,13-17,19-20,22-25,27,29-47,49-50,52-56,58-59,61-70H2,1-3H3/b12-9-,21-18-,28-26-,51-48-,60-57-. The zero-order valence-electron chi connectivity index (χ0n) is 53.6. The summed E-state index contributed by atoms with van der Waals surface area (Å²) in [5.41, 5.74) is 0. The molecule has 0 heterocycles. The van der Waals surface area contributed by atoms with Gasteiger partial charge in [0.1, 0.15) is 13.2 Å².